The van der Waals surface area contributed by atoms with E-state index in [0.29, 0.717) is 13.2 Å². The van der Waals surface area contributed by atoms with Crippen LogP contribution in [0.5, 0.6) is 0 Å². The molecule has 1 aromatic rings. The van der Waals surface area contributed by atoms with Gasteiger partial charge in [-0.05, 0) is 36.1 Å². The van der Waals surface area contributed by atoms with Gasteiger partial charge in [-0.2, -0.15) is 0 Å². The molecule has 0 spiro atoms. The highest BCUT2D eigenvalue weighted by molar-refractivity contribution is 5.77. The predicted molar refractivity (Wildman–Crippen MR) is 68.3 cm³/mol. The molecule has 19 heavy (non-hydrogen) atoms. The van der Waals surface area contributed by atoms with Crippen LogP contribution in [0.2, 0.25) is 0 Å². The minimum absolute atomic E-state index is 0.0242. The molecule has 0 aromatic heterocycles. The zero-order valence-electron chi connectivity index (χ0n) is 10.9. The van der Waals surface area contributed by atoms with Gasteiger partial charge in [-0.15, -0.1) is 0 Å². The Kier molecular flexibility index (Phi) is 4.87. The number of methoxy groups -OCH3 is 1. The summed E-state index contributed by atoms with van der Waals surface area (Å²) < 4.78 is 23.1. The maximum Gasteiger partial charge on any atom is 0.246 e. The zero-order chi connectivity index (χ0) is 13.7. The number of ether oxygens (including phenoxy) is 2. The van der Waals surface area contributed by atoms with Gasteiger partial charge in [-0.1, -0.05) is 6.07 Å². The van der Waals surface area contributed by atoms with Crippen LogP contribution in [0.4, 0.5) is 4.39 Å². The third-order valence-electron chi connectivity index (χ3n) is 3.18. The molecular weight excluding hydrogens is 249 g/mol. The number of amides is 1. The number of aryl methyl sites for hydroxylation is 1. The molecule has 0 saturated carbocycles. The monoisotopic (exact) mass is 267 g/mol. The van der Waals surface area contributed by atoms with Crippen molar-refractivity contribution in [3.8, 4) is 0 Å². The molecule has 1 N–H and O–H groups in total. The molecule has 2 rings (SSSR count). The molecule has 0 bridgehead atoms. The van der Waals surface area contributed by atoms with E-state index in [1.165, 1.54) is 12.1 Å². The Labute approximate surface area is 111 Å². The lowest BCUT2D eigenvalue weighted by Crippen LogP contribution is -2.31. The van der Waals surface area contributed by atoms with Crippen LogP contribution in [-0.4, -0.2) is 32.8 Å². The van der Waals surface area contributed by atoms with Gasteiger partial charge in [0.2, 0.25) is 5.91 Å². The molecule has 5 heteroatoms. The quantitative estimate of drug-likeness (QED) is 0.796. The summed E-state index contributed by atoms with van der Waals surface area (Å²) in [5.41, 5.74) is 1.98. The van der Waals surface area contributed by atoms with Crippen molar-refractivity contribution in [2.45, 2.75) is 18.9 Å². The lowest BCUT2D eigenvalue weighted by atomic mass is 10.1. The lowest BCUT2D eigenvalue weighted by Gasteiger charge is -2.14. The van der Waals surface area contributed by atoms with Crippen molar-refractivity contribution in [3.05, 3.63) is 35.1 Å². The van der Waals surface area contributed by atoms with Crippen LogP contribution in [-0.2, 0) is 20.7 Å². The summed E-state index contributed by atoms with van der Waals surface area (Å²) in [5, 5.41) is 2.90. The van der Waals surface area contributed by atoms with Gasteiger partial charge < -0.3 is 14.8 Å². The smallest absolute Gasteiger partial charge is 0.246 e. The van der Waals surface area contributed by atoms with Crippen molar-refractivity contribution in [2.24, 2.45) is 0 Å². The van der Waals surface area contributed by atoms with Crippen LogP contribution >= 0.6 is 0 Å². The first kappa shape index (κ1) is 14.0. The Morgan fingerprint density at radius 3 is 3.11 bits per heavy atom. The maximum absolute atomic E-state index is 13.1. The molecule has 4 nitrogen and oxygen atoms in total. The van der Waals surface area contributed by atoms with E-state index in [1.807, 2.05) is 0 Å². The number of carbonyl (C=O) groups excluding carboxylic acids is 1. The third kappa shape index (κ3) is 3.75. The zero-order valence-corrected chi connectivity index (χ0v) is 10.9. The normalized spacial score (nSPS) is 17.3. The first-order chi connectivity index (χ1) is 9.20. The van der Waals surface area contributed by atoms with Gasteiger partial charge in [-0.3, -0.25) is 4.79 Å². The van der Waals surface area contributed by atoms with Crippen LogP contribution in [0.3, 0.4) is 0 Å². The van der Waals surface area contributed by atoms with E-state index in [1.54, 1.807) is 13.2 Å². The number of fused-ring (bicyclic) bond motifs is 1. The number of halogens is 1. The largest absolute Gasteiger partial charge is 0.382 e. The van der Waals surface area contributed by atoms with Crippen LogP contribution in [0.1, 0.15) is 23.6 Å². The Balaban J connectivity index is 1.83. The molecule has 104 valence electrons. The van der Waals surface area contributed by atoms with Crippen LogP contribution in [0.25, 0.3) is 0 Å². The first-order valence-corrected chi connectivity index (χ1v) is 6.35. The Bertz CT molecular complexity index is 450. The topological polar surface area (TPSA) is 47.6 Å². The molecule has 1 aromatic carbocycles. The van der Waals surface area contributed by atoms with Crippen molar-refractivity contribution in [1.29, 1.82) is 0 Å². The number of carbonyl (C=O) groups is 1. The number of benzene rings is 1. The fourth-order valence-corrected chi connectivity index (χ4v) is 2.28. The Morgan fingerprint density at radius 2 is 2.32 bits per heavy atom. The fraction of sp³-hybridized carbons (Fsp3) is 0.500. The fourth-order valence-electron chi connectivity index (χ4n) is 2.28. The average molecular weight is 267 g/mol. The van der Waals surface area contributed by atoms with E-state index in [4.69, 9.17) is 9.47 Å². The molecule has 0 unspecified atom stereocenters. The van der Waals surface area contributed by atoms with Gasteiger partial charge in [0.25, 0.3) is 0 Å². The maximum atomic E-state index is 13.1. The van der Waals surface area contributed by atoms with Crippen LogP contribution < -0.4 is 5.32 Å². The summed E-state index contributed by atoms with van der Waals surface area (Å²) >= 11 is 0. The first-order valence-electron chi connectivity index (χ1n) is 6.35. The highest BCUT2D eigenvalue weighted by atomic mass is 19.1. The molecule has 1 atom stereocenters. The van der Waals surface area contributed by atoms with Crippen molar-refractivity contribution < 1.29 is 18.7 Å². The second-order valence-corrected chi connectivity index (χ2v) is 4.55. The SMILES string of the molecule is COCCOCC(=O)N[C@@H]1CCc2cc(F)ccc21. The van der Waals surface area contributed by atoms with Gasteiger partial charge in [-0.25, -0.2) is 4.39 Å². The highest BCUT2D eigenvalue weighted by Crippen LogP contribution is 2.31. The molecule has 0 saturated heterocycles. The minimum atomic E-state index is -0.228. The molecular formula is C14H18FNO3. The average Bonchev–Trinajstić information content (AvgIpc) is 2.77. The lowest BCUT2D eigenvalue weighted by molar-refractivity contribution is -0.126. The van der Waals surface area contributed by atoms with E-state index < -0.39 is 0 Å². The van der Waals surface area contributed by atoms with Crippen molar-refractivity contribution >= 4 is 5.91 Å². The van der Waals surface area contributed by atoms with E-state index in [2.05, 4.69) is 5.32 Å². The second-order valence-electron chi connectivity index (χ2n) is 4.55. The summed E-state index contributed by atoms with van der Waals surface area (Å²) in [6, 6.07) is 4.68. The van der Waals surface area contributed by atoms with Crippen LogP contribution in [0, 0.1) is 5.82 Å². The van der Waals surface area contributed by atoms with Crippen molar-refractivity contribution in [3.63, 3.8) is 0 Å². The molecule has 1 aliphatic carbocycles. The Morgan fingerprint density at radius 1 is 1.47 bits per heavy atom. The summed E-state index contributed by atoms with van der Waals surface area (Å²) in [6.45, 7) is 0.894. The summed E-state index contributed by atoms with van der Waals surface area (Å²) in [6.07, 6.45) is 1.60. The van der Waals surface area contributed by atoms with E-state index in [9.17, 15) is 9.18 Å². The van der Waals surface area contributed by atoms with E-state index in [-0.39, 0.29) is 24.4 Å². The predicted octanol–water partition coefficient (Wildman–Crippen LogP) is 1.59. The molecule has 0 radical (unpaired) electrons. The third-order valence-corrected chi connectivity index (χ3v) is 3.18. The summed E-state index contributed by atoms with van der Waals surface area (Å²) in [5.74, 6) is -0.382. The van der Waals surface area contributed by atoms with E-state index in [0.717, 1.165) is 24.0 Å². The van der Waals surface area contributed by atoms with E-state index >= 15 is 0 Å². The van der Waals surface area contributed by atoms with Gasteiger partial charge >= 0.3 is 0 Å². The standard InChI is InChI=1S/C14H18FNO3/c1-18-6-7-19-9-14(17)16-13-5-2-10-8-11(15)3-4-12(10)13/h3-4,8,13H,2,5-7,9H2,1H3,(H,16,17)/t13-/m1/s1. The number of nitrogens with one attached hydrogen (secondary N) is 1. The van der Waals surface area contributed by atoms with Crippen molar-refractivity contribution in [2.75, 3.05) is 26.9 Å². The molecule has 1 amide bonds. The van der Waals surface area contributed by atoms with Gasteiger partial charge in [0.05, 0.1) is 19.3 Å². The molecule has 0 aliphatic heterocycles. The second kappa shape index (κ2) is 6.63. The number of hydrogen-bond donors (Lipinski definition) is 1. The minimum Gasteiger partial charge on any atom is -0.382 e. The Hall–Kier alpha value is -1.46. The number of hydrogen-bond acceptors (Lipinski definition) is 3. The van der Waals surface area contributed by atoms with Crippen LogP contribution in [0.15, 0.2) is 18.2 Å². The van der Waals surface area contributed by atoms with Gasteiger partial charge in [0, 0.05) is 7.11 Å². The van der Waals surface area contributed by atoms with Gasteiger partial charge in [0.15, 0.2) is 0 Å². The summed E-state index contributed by atoms with van der Waals surface area (Å²) in [4.78, 5) is 11.7. The molecule has 0 heterocycles. The highest BCUT2D eigenvalue weighted by Gasteiger charge is 2.24. The van der Waals surface area contributed by atoms with Crippen molar-refractivity contribution in [1.82, 2.24) is 5.32 Å². The molecule has 0 fully saturated rings. The molecule has 1 aliphatic rings. The van der Waals surface area contributed by atoms with Gasteiger partial charge in [0.1, 0.15) is 12.4 Å². The number of rotatable bonds is 6. The summed E-state index contributed by atoms with van der Waals surface area (Å²) in [7, 11) is 1.58.